The molecule has 4 fully saturated rings. The van der Waals surface area contributed by atoms with E-state index in [9.17, 15) is 85.6 Å². The average molecular weight is 737 g/mol. The van der Waals surface area contributed by atoms with Gasteiger partial charge in [-0.05, 0) is 0 Å². The third kappa shape index (κ3) is 7.68. The lowest BCUT2D eigenvalue weighted by atomic mass is 9.95. The second-order valence-corrected chi connectivity index (χ2v) is 11.5. The van der Waals surface area contributed by atoms with Crippen molar-refractivity contribution in [3.05, 3.63) is 0 Å². The molecule has 4 aliphatic heterocycles. The lowest BCUT2D eigenvalue weighted by molar-refractivity contribution is -0.378. The van der Waals surface area contributed by atoms with Crippen molar-refractivity contribution in [1.82, 2.24) is 0 Å². The molecule has 0 aromatic rings. The number of carbonyl (C=O) groups is 4. The van der Waals surface area contributed by atoms with E-state index in [2.05, 4.69) is 4.74 Å². The Labute approximate surface area is 277 Å². The summed E-state index contributed by atoms with van der Waals surface area (Å²) in [6.07, 6.45) is -44.4. The molecule has 13 N–H and O–H groups in total. The number of hydrogen-bond donors (Lipinski definition) is 13. The molecule has 0 amide bonds. The van der Waals surface area contributed by atoms with Gasteiger partial charge < -0.3 is 104 Å². The van der Waals surface area contributed by atoms with Gasteiger partial charge in [-0.3, -0.25) is 0 Å². The molecule has 8 unspecified atom stereocenters. The zero-order chi connectivity index (χ0) is 37.5. The van der Waals surface area contributed by atoms with Crippen molar-refractivity contribution in [1.29, 1.82) is 0 Å². The van der Waals surface area contributed by atoms with Crippen LogP contribution in [0.1, 0.15) is 0 Å². The number of carboxylic acid groups (broad SMARTS) is 4. The summed E-state index contributed by atoms with van der Waals surface area (Å²) in [7, 11) is 0.994. The van der Waals surface area contributed by atoms with E-state index in [1.165, 1.54) is 0 Å². The molecule has 50 heavy (non-hydrogen) atoms. The minimum absolute atomic E-state index is 0.994. The summed E-state index contributed by atoms with van der Waals surface area (Å²) < 4.78 is 40.6. The van der Waals surface area contributed by atoms with E-state index in [-0.39, 0.29) is 0 Å². The second kappa shape index (κ2) is 15.8. The summed E-state index contributed by atoms with van der Waals surface area (Å²) in [6, 6.07) is 0. The monoisotopic (exact) mass is 736 g/mol. The summed E-state index contributed by atoms with van der Waals surface area (Å²) in [5, 5.41) is 132. The summed E-state index contributed by atoms with van der Waals surface area (Å²) in [4.78, 5) is 47.5. The van der Waals surface area contributed by atoms with Gasteiger partial charge in [0.05, 0.1) is 0 Å². The molecule has 286 valence electrons. The van der Waals surface area contributed by atoms with Crippen LogP contribution in [0.3, 0.4) is 0 Å². The molecule has 25 heteroatoms. The van der Waals surface area contributed by atoms with Gasteiger partial charge >= 0.3 is 23.9 Å². The number of aliphatic hydroxyl groups excluding tert-OH is 9. The van der Waals surface area contributed by atoms with E-state index in [4.69, 9.17) is 33.2 Å². The van der Waals surface area contributed by atoms with E-state index >= 15 is 0 Å². The zero-order valence-corrected chi connectivity index (χ0v) is 25.3. The molecule has 4 saturated heterocycles. The van der Waals surface area contributed by atoms with Crippen molar-refractivity contribution in [2.24, 2.45) is 0 Å². The largest absolute Gasteiger partial charge is 0.479 e. The van der Waals surface area contributed by atoms with Gasteiger partial charge in [0.2, 0.25) is 0 Å². The van der Waals surface area contributed by atoms with Crippen molar-refractivity contribution in [2.75, 3.05) is 7.11 Å². The van der Waals surface area contributed by atoms with E-state index < -0.39 is 147 Å². The van der Waals surface area contributed by atoms with Crippen LogP contribution < -0.4 is 0 Å². The lowest BCUT2D eigenvalue weighted by Gasteiger charge is -2.47. The normalized spacial score (nSPS) is 48.4. The number of aliphatic hydroxyl groups is 9. The molecule has 0 radical (unpaired) electrons. The van der Waals surface area contributed by atoms with Crippen molar-refractivity contribution < 1.29 is 123 Å². The SMILES string of the molecule is CO[C@H]1C(C(=O)O)O[C@H](O[C@@H]2C(O)C(O)[C@@H](O[C@H]3C(C(=O)O)O[C@H](O[C@@H]4C(O)C(O)[C@@H](O)O[C@H]4C(=O)O)C(O)[C@@H]3O)O[C@H]2C(=O)O)C(O)[C@@H]1O. The molecule has 20 atom stereocenters. The van der Waals surface area contributed by atoms with Crippen LogP contribution in [-0.2, 0) is 57.1 Å². The molecule has 0 spiro atoms. The van der Waals surface area contributed by atoms with Gasteiger partial charge in [0.1, 0.15) is 73.2 Å². The first kappa shape index (κ1) is 40.0. The average Bonchev–Trinajstić information content (AvgIpc) is 3.05. The molecule has 4 heterocycles. The smallest absolute Gasteiger partial charge is 0.335 e. The van der Waals surface area contributed by atoms with E-state index in [0.29, 0.717) is 0 Å². The maximum Gasteiger partial charge on any atom is 0.335 e. The van der Waals surface area contributed by atoms with E-state index in [1.54, 1.807) is 0 Å². The van der Waals surface area contributed by atoms with Gasteiger partial charge in [-0.2, -0.15) is 0 Å². The van der Waals surface area contributed by atoms with Gasteiger partial charge in [0.15, 0.2) is 49.6 Å². The number of carboxylic acids is 4. The summed E-state index contributed by atoms with van der Waals surface area (Å²) in [5.41, 5.74) is 0. The fraction of sp³-hybridized carbons (Fsp3) is 0.840. The number of methoxy groups -OCH3 is 1. The number of ether oxygens (including phenoxy) is 8. The first-order valence-electron chi connectivity index (χ1n) is 14.5. The molecule has 0 saturated carbocycles. The van der Waals surface area contributed by atoms with Crippen LogP contribution in [0.4, 0.5) is 0 Å². The maximum atomic E-state index is 12.1. The van der Waals surface area contributed by atoms with Gasteiger partial charge in [0, 0.05) is 7.11 Å². The number of rotatable bonds is 11. The molecule has 0 aromatic carbocycles. The van der Waals surface area contributed by atoms with Crippen molar-refractivity contribution in [3.8, 4) is 0 Å². The van der Waals surface area contributed by atoms with Gasteiger partial charge in [-0.25, -0.2) is 19.2 Å². The van der Waals surface area contributed by atoms with Crippen LogP contribution in [0, 0.1) is 0 Å². The first-order valence-corrected chi connectivity index (χ1v) is 14.5. The Kier molecular flexibility index (Phi) is 12.7. The van der Waals surface area contributed by atoms with Gasteiger partial charge in [0.25, 0.3) is 0 Å². The van der Waals surface area contributed by atoms with Gasteiger partial charge in [-0.15, -0.1) is 0 Å². The lowest BCUT2D eigenvalue weighted by Crippen LogP contribution is -2.68. The van der Waals surface area contributed by atoms with Crippen molar-refractivity contribution >= 4 is 23.9 Å². The highest BCUT2D eigenvalue weighted by Crippen LogP contribution is 2.34. The Hall–Kier alpha value is -2.80. The number of hydrogen-bond acceptors (Lipinski definition) is 21. The Morgan fingerprint density at radius 2 is 0.660 bits per heavy atom. The molecule has 0 bridgehead atoms. The Morgan fingerprint density at radius 3 is 0.960 bits per heavy atom. The van der Waals surface area contributed by atoms with Crippen LogP contribution in [-0.4, -0.2) is 220 Å². The highest BCUT2D eigenvalue weighted by Gasteiger charge is 2.58. The second-order valence-electron chi connectivity index (χ2n) is 11.5. The van der Waals surface area contributed by atoms with E-state index in [0.717, 1.165) is 7.11 Å². The molecule has 4 rings (SSSR count). The van der Waals surface area contributed by atoms with Crippen LogP contribution in [0.2, 0.25) is 0 Å². The summed E-state index contributed by atoms with van der Waals surface area (Å²) >= 11 is 0. The molecule has 0 aliphatic carbocycles. The van der Waals surface area contributed by atoms with Gasteiger partial charge in [-0.1, -0.05) is 0 Å². The van der Waals surface area contributed by atoms with Crippen LogP contribution >= 0.6 is 0 Å². The maximum absolute atomic E-state index is 12.1. The standard InChI is InChI=1S/C25H36O25/c1-43-10-3(27)7(31)23(48-14(10)18(34)35)46-12-5(29)9(33)25(50-16(12)20(38)39)47-13-4(28)8(32)24(49-17(13)21(40)41)45-11-2(26)6(30)22(42)44-15(11)19(36)37/h2-17,22-33,42H,1H3,(H,34,35)(H,36,37)(H,38,39)(H,40,41)/t2?,3-,4-,5?,6?,7?,8?,9?,10+,11+,12+,13+,14?,15+,16+,17?,22-,23-,24-,25-/m0/s1. The molecule has 0 aromatic heterocycles. The molecule has 25 nitrogen and oxygen atoms in total. The predicted octanol–water partition coefficient (Wildman–Crippen LogP) is -8.73. The third-order valence-electron chi connectivity index (χ3n) is 8.32. The highest BCUT2D eigenvalue weighted by molar-refractivity contribution is 5.75. The predicted molar refractivity (Wildman–Crippen MR) is 141 cm³/mol. The molecule has 4 aliphatic rings. The topological polar surface area (TPSA) is 405 Å². The summed E-state index contributed by atoms with van der Waals surface area (Å²) in [6.45, 7) is 0. The summed E-state index contributed by atoms with van der Waals surface area (Å²) in [5.74, 6) is -7.45. The fourth-order valence-electron chi connectivity index (χ4n) is 5.68. The Morgan fingerprint density at radius 1 is 0.400 bits per heavy atom. The van der Waals surface area contributed by atoms with Crippen molar-refractivity contribution in [3.63, 3.8) is 0 Å². The quantitative estimate of drug-likeness (QED) is 0.0936. The Bertz CT molecular complexity index is 1230. The van der Waals surface area contributed by atoms with Crippen LogP contribution in [0.5, 0.6) is 0 Å². The number of aliphatic carboxylic acids is 4. The minimum atomic E-state index is -2.42. The van der Waals surface area contributed by atoms with E-state index in [1.807, 2.05) is 0 Å². The van der Waals surface area contributed by atoms with Crippen LogP contribution in [0.25, 0.3) is 0 Å². The minimum Gasteiger partial charge on any atom is -0.479 e. The zero-order valence-electron chi connectivity index (χ0n) is 25.3. The Balaban J connectivity index is 1.51. The molecular formula is C25H36O25. The van der Waals surface area contributed by atoms with Crippen LogP contribution in [0.15, 0.2) is 0 Å². The third-order valence-corrected chi connectivity index (χ3v) is 8.32. The fourth-order valence-corrected chi connectivity index (χ4v) is 5.68. The van der Waals surface area contributed by atoms with Crippen molar-refractivity contribution in [2.45, 2.75) is 123 Å². The highest BCUT2D eigenvalue weighted by atomic mass is 16.8. The molecular weight excluding hydrogens is 700 g/mol. The first-order chi connectivity index (χ1) is 23.3.